The van der Waals surface area contributed by atoms with Crippen molar-refractivity contribution in [1.82, 2.24) is 15.0 Å². The number of hydrogen-bond donors (Lipinski definition) is 0. The van der Waals surface area contributed by atoms with Crippen molar-refractivity contribution in [1.29, 1.82) is 5.26 Å². The quantitative estimate of drug-likeness (QED) is 0.850. The van der Waals surface area contributed by atoms with Gasteiger partial charge in [-0.2, -0.15) is 5.26 Å². The van der Waals surface area contributed by atoms with E-state index in [1.165, 1.54) is 36.3 Å². The minimum absolute atomic E-state index is 0.469. The molecule has 0 radical (unpaired) electrons. The second-order valence-electron chi connectivity index (χ2n) is 7.45. The summed E-state index contributed by atoms with van der Waals surface area (Å²) in [6.07, 6.45) is 7.75. The molecule has 5 rings (SSSR count). The maximum atomic E-state index is 8.90. The standard InChI is InChI=1S/C20H22N6/c21-12-15-6-7-16(13-22-15)25-8-10-26(11-9-25)20-17-2-1-3-18(17)23-19(24-20)14-4-5-14/h6-7,13-14H,1-5,8-11H2. The van der Waals surface area contributed by atoms with Crippen LogP contribution in [0.2, 0.25) is 0 Å². The third-order valence-electron chi connectivity index (χ3n) is 5.68. The van der Waals surface area contributed by atoms with E-state index in [9.17, 15) is 0 Å². The molecule has 0 aromatic carbocycles. The van der Waals surface area contributed by atoms with E-state index in [2.05, 4.69) is 20.9 Å². The van der Waals surface area contributed by atoms with Gasteiger partial charge in [0.2, 0.25) is 0 Å². The number of piperazine rings is 1. The van der Waals surface area contributed by atoms with Crippen LogP contribution in [0.25, 0.3) is 0 Å². The lowest BCUT2D eigenvalue weighted by Crippen LogP contribution is -2.47. The van der Waals surface area contributed by atoms with E-state index in [1.807, 2.05) is 12.3 Å². The predicted molar refractivity (Wildman–Crippen MR) is 99.4 cm³/mol. The summed E-state index contributed by atoms with van der Waals surface area (Å²) < 4.78 is 0. The fourth-order valence-electron chi connectivity index (χ4n) is 4.03. The first-order chi connectivity index (χ1) is 12.8. The largest absolute Gasteiger partial charge is 0.367 e. The third kappa shape index (κ3) is 2.78. The SMILES string of the molecule is N#Cc1ccc(N2CCN(c3nc(C4CC4)nc4c3CCC4)CC2)cn1. The van der Waals surface area contributed by atoms with E-state index in [-0.39, 0.29) is 0 Å². The monoisotopic (exact) mass is 346 g/mol. The summed E-state index contributed by atoms with van der Waals surface area (Å²) >= 11 is 0. The average Bonchev–Trinajstić information content (AvgIpc) is 3.45. The fourth-order valence-corrected chi connectivity index (χ4v) is 4.03. The number of fused-ring (bicyclic) bond motifs is 1. The van der Waals surface area contributed by atoms with Crippen molar-refractivity contribution in [3.05, 3.63) is 41.1 Å². The van der Waals surface area contributed by atoms with Gasteiger partial charge in [-0.1, -0.05) is 0 Å². The smallest absolute Gasteiger partial charge is 0.140 e. The summed E-state index contributed by atoms with van der Waals surface area (Å²) in [5.41, 5.74) is 4.25. The van der Waals surface area contributed by atoms with Gasteiger partial charge in [-0.3, -0.25) is 0 Å². The van der Waals surface area contributed by atoms with Crippen LogP contribution in [-0.2, 0) is 12.8 Å². The first kappa shape index (κ1) is 15.6. The van der Waals surface area contributed by atoms with Gasteiger partial charge in [-0.05, 0) is 44.2 Å². The Morgan fingerprint density at radius 1 is 1.00 bits per heavy atom. The summed E-state index contributed by atoms with van der Waals surface area (Å²) in [6, 6.07) is 5.86. The second-order valence-corrected chi connectivity index (χ2v) is 7.45. The van der Waals surface area contributed by atoms with Gasteiger partial charge in [-0.15, -0.1) is 0 Å². The Bertz CT molecular complexity index is 857. The molecular formula is C20H22N6. The van der Waals surface area contributed by atoms with Crippen LogP contribution in [0.1, 0.15) is 48.0 Å². The molecule has 2 fully saturated rings. The molecule has 2 aliphatic carbocycles. The predicted octanol–water partition coefficient (Wildman–Crippen LogP) is 2.44. The van der Waals surface area contributed by atoms with Gasteiger partial charge in [-0.25, -0.2) is 15.0 Å². The number of nitrogens with zero attached hydrogens (tertiary/aromatic N) is 6. The number of nitriles is 1. The Balaban J connectivity index is 1.34. The molecule has 0 amide bonds. The van der Waals surface area contributed by atoms with Crippen LogP contribution in [-0.4, -0.2) is 41.1 Å². The van der Waals surface area contributed by atoms with E-state index in [0.717, 1.165) is 50.5 Å². The molecule has 3 aliphatic rings. The van der Waals surface area contributed by atoms with Gasteiger partial charge in [0.1, 0.15) is 23.4 Å². The van der Waals surface area contributed by atoms with Crippen LogP contribution in [0.4, 0.5) is 11.5 Å². The molecule has 0 atom stereocenters. The molecule has 132 valence electrons. The molecule has 26 heavy (non-hydrogen) atoms. The number of aromatic nitrogens is 3. The van der Waals surface area contributed by atoms with Crippen LogP contribution in [0.3, 0.4) is 0 Å². The summed E-state index contributed by atoms with van der Waals surface area (Å²) in [4.78, 5) is 18.9. The van der Waals surface area contributed by atoms with E-state index in [1.54, 1.807) is 6.07 Å². The normalized spacial score (nSPS) is 19.3. The summed E-state index contributed by atoms with van der Waals surface area (Å²) in [5, 5.41) is 8.90. The van der Waals surface area contributed by atoms with E-state index in [4.69, 9.17) is 15.2 Å². The summed E-state index contributed by atoms with van der Waals surface area (Å²) in [5.74, 6) is 2.89. The van der Waals surface area contributed by atoms with Crippen LogP contribution in [0.5, 0.6) is 0 Å². The van der Waals surface area contributed by atoms with E-state index in [0.29, 0.717) is 11.6 Å². The second kappa shape index (κ2) is 6.24. The number of pyridine rings is 1. The Hall–Kier alpha value is -2.68. The highest BCUT2D eigenvalue weighted by atomic mass is 15.3. The lowest BCUT2D eigenvalue weighted by molar-refractivity contribution is 0.641. The van der Waals surface area contributed by atoms with Gasteiger partial charge in [0.05, 0.1) is 11.9 Å². The van der Waals surface area contributed by atoms with Crippen molar-refractivity contribution in [2.75, 3.05) is 36.0 Å². The molecule has 0 bridgehead atoms. The number of hydrogen-bond acceptors (Lipinski definition) is 6. The van der Waals surface area contributed by atoms with Crippen molar-refractivity contribution in [3.8, 4) is 6.07 Å². The molecule has 6 nitrogen and oxygen atoms in total. The van der Waals surface area contributed by atoms with E-state index >= 15 is 0 Å². The maximum absolute atomic E-state index is 8.90. The van der Waals surface area contributed by atoms with Crippen molar-refractivity contribution < 1.29 is 0 Å². The van der Waals surface area contributed by atoms with Gasteiger partial charge in [0.15, 0.2) is 0 Å². The van der Waals surface area contributed by atoms with E-state index < -0.39 is 0 Å². The molecule has 0 spiro atoms. The zero-order valence-electron chi connectivity index (χ0n) is 14.9. The number of aryl methyl sites for hydroxylation is 1. The van der Waals surface area contributed by atoms with Gasteiger partial charge < -0.3 is 9.80 Å². The molecule has 1 saturated heterocycles. The highest BCUT2D eigenvalue weighted by Crippen LogP contribution is 2.40. The lowest BCUT2D eigenvalue weighted by atomic mass is 10.2. The zero-order chi connectivity index (χ0) is 17.5. The van der Waals surface area contributed by atoms with Crippen molar-refractivity contribution in [2.24, 2.45) is 0 Å². The summed E-state index contributed by atoms with van der Waals surface area (Å²) in [6.45, 7) is 3.83. The Morgan fingerprint density at radius 2 is 1.81 bits per heavy atom. The first-order valence-electron chi connectivity index (χ1n) is 9.57. The zero-order valence-corrected chi connectivity index (χ0v) is 14.9. The van der Waals surface area contributed by atoms with Crippen molar-refractivity contribution >= 4 is 11.5 Å². The van der Waals surface area contributed by atoms with Crippen molar-refractivity contribution in [2.45, 2.75) is 38.0 Å². The number of anilines is 2. The van der Waals surface area contributed by atoms with Crippen LogP contribution >= 0.6 is 0 Å². The molecule has 0 unspecified atom stereocenters. The molecule has 1 saturated carbocycles. The molecular weight excluding hydrogens is 324 g/mol. The Morgan fingerprint density at radius 3 is 2.50 bits per heavy atom. The molecule has 3 heterocycles. The summed E-state index contributed by atoms with van der Waals surface area (Å²) in [7, 11) is 0. The minimum atomic E-state index is 0.469. The highest BCUT2D eigenvalue weighted by molar-refractivity contribution is 5.54. The van der Waals surface area contributed by atoms with Crippen LogP contribution in [0, 0.1) is 11.3 Å². The van der Waals surface area contributed by atoms with Gasteiger partial charge in [0, 0.05) is 43.4 Å². The Kier molecular flexibility index (Phi) is 3.74. The average molecular weight is 346 g/mol. The van der Waals surface area contributed by atoms with Crippen molar-refractivity contribution in [3.63, 3.8) is 0 Å². The maximum Gasteiger partial charge on any atom is 0.140 e. The van der Waals surface area contributed by atoms with Gasteiger partial charge >= 0.3 is 0 Å². The molecule has 2 aromatic rings. The molecule has 6 heteroatoms. The number of rotatable bonds is 3. The highest BCUT2D eigenvalue weighted by Gasteiger charge is 2.31. The lowest BCUT2D eigenvalue weighted by Gasteiger charge is -2.37. The molecule has 1 aliphatic heterocycles. The minimum Gasteiger partial charge on any atom is -0.367 e. The molecule has 0 N–H and O–H groups in total. The topological polar surface area (TPSA) is 68.9 Å². The third-order valence-corrected chi connectivity index (χ3v) is 5.68. The van der Waals surface area contributed by atoms with Gasteiger partial charge in [0.25, 0.3) is 0 Å². The molecule has 2 aromatic heterocycles. The Labute approximate surface area is 153 Å². The first-order valence-corrected chi connectivity index (χ1v) is 9.57. The van der Waals surface area contributed by atoms with Crippen LogP contribution in [0.15, 0.2) is 18.3 Å². The fraction of sp³-hybridized carbons (Fsp3) is 0.500. The van der Waals surface area contributed by atoms with Crippen LogP contribution < -0.4 is 9.80 Å².